The van der Waals surface area contributed by atoms with E-state index in [2.05, 4.69) is 25.9 Å². The minimum atomic E-state index is -0.367. The monoisotopic (exact) mass is 337 g/mol. The van der Waals surface area contributed by atoms with Crippen molar-refractivity contribution in [2.75, 3.05) is 0 Å². The van der Waals surface area contributed by atoms with Gasteiger partial charge in [-0.1, -0.05) is 35.0 Å². The summed E-state index contributed by atoms with van der Waals surface area (Å²) in [4.78, 5) is 18.8. The van der Waals surface area contributed by atoms with Crippen LogP contribution in [0.5, 0.6) is 5.88 Å². The predicted octanol–water partition coefficient (Wildman–Crippen LogP) is 2.18. The van der Waals surface area contributed by atoms with Crippen molar-refractivity contribution in [3.05, 3.63) is 44.9 Å². The van der Waals surface area contributed by atoms with Crippen LogP contribution in [0.25, 0.3) is 11.1 Å². The highest BCUT2D eigenvalue weighted by Gasteiger charge is 2.14. The molecule has 1 unspecified atom stereocenters. The standard InChI is InChI=1S/C14H16BrN3O2/c1-2-10(16)7-11-17-13(19)12(14(20)18-11)8-4-3-5-9(15)6-8/h3-6,10H,2,7,16H2,1H3,(H2,17,18,19,20). The maximum absolute atomic E-state index is 12.1. The zero-order chi connectivity index (χ0) is 14.7. The lowest BCUT2D eigenvalue weighted by Crippen LogP contribution is -2.25. The van der Waals surface area contributed by atoms with Gasteiger partial charge < -0.3 is 15.8 Å². The summed E-state index contributed by atoms with van der Waals surface area (Å²) in [6.45, 7) is 1.96. The SMILES string of the molecule is CCC(N)Cc1nc(O)c(-c2cccc(Br)c2)c(=O)[nH]1. The number of hydrogen-bond donors (Lipinski definition) is 3. The lowest BCUT2D eigenvalue weighted by Gasteiger charge is -2.09. The van der Waals surface area contributed by atoms with Gasteiger partial charge in [0, 0.05) is 16.9 Å². The molecule has 0 amide bonds. The summed E-state index contributed by atoms with van der Waals surface area (Å²) in [7, 11) is 0. The number of hydrogen-bond acceptors (Lipinski definition) is 4. The summed E-state index contributed by atoms with van der Waals surface area (Å²) >= 11 is 3.33. The molecule has 0 saturated heterocycles. The fraction of sp³-hybridized carbons (Fsp3) is 0.286. The number of aromatic hydroxyl groups is 1. The molecule has 0 fully saturated rings. The van der Waals surface area contributed by atoms with Gasteiger partial charge in [-0.25, -0.2) is 0 Å². The number of H-pyrrole nitrogens is 1. The summed E-state index contributed by atoms with van der Waals surface area (Å²) in [6.07, 6.45) is 1.20. The van der Waals surface area contributed by atoms with Crippen molar-refractivity contribution in [3.63, 3.8) is 0 Å². The maximum atomic E-state index is 12.1. The van der Waals surface area contributed by atoms with Crippen molar-refractivity contribution >= 4 is 15.9 Å². The second-order valence-corrected chi connectivity index (χ2v) is 5.51. The molecular formula is C14H16BrN3O2. The molecule has 1 heterocycles. The van der Waals surface area contributed by atoms with Gasteiger partial charge in [-0.3, -0.25) is 4.79 Å². The average molecular weight is 338 g/mol. The van der Waals surface area contributed by atoms with Crippen LogP contribution >= 0.6 is 15.9 Å². The van der Waals surface area contributed by atoms with E-state index in [1.165, 1.54) is 0 Å². The minimum Gasteiger partial charge on any atom is -0.493 e. The number of nitrogens with two attached hydrogens (primary N) is 1. The zero-order valence-electron chi connectivity index (χ0n) is 11.1. The summed E-state index contributed by atoms with van der Waals surface area (Å²) in [5, 5.41) is 10.0. The predicted molar refractivity (Wildman–Crippen MR) is 81.6 cm³/mol. The van der Waals surface area contributed by atoms with Gasteiger partial charge in [-0.15, -0.1) is 0 Å². The van der Waals surface area contributed by atoms with Crippen LogP contribution in [-0.2, 0) is 6.42 Å². The summed E-state index contributed by atoms with van der Waals surface area (Å²) < 4.78 is 0.825. The van der Waals surface area contributed by atoms with Crippen LogP contribution in [0.4, 0.5) is 0 Å². The summed E-state index contributed by atoms with van der Waals surface area (Å²) in [6, 6.07) is 7.04. The van der Waals surface area contributed by atoms with Gasteiger partial charge in [0.1, 0.15) is 11.4 Å². The first-order chi connectivity index (χ1) is 9.51. The summed E-state index contributed by atoms with van der Waals surface area (Å²) in [5.74, 6) is 0.130. The fourth-order valence-electron chi connectivity index (χ4n) is 1.90. The van der Waals surface area contributed by atoms with E-state index >= 15 is 0 Å². The number of benzene rings is 1. The molecule has 5 nitrogen and oxygen atoms in total. The van der Waals surface area contributed by atoms with Crippen LogP contribution in [-0.4, -0.2) is 21.1 Å². The number of aromatic nitrogens is 2. The molecule has 0 aliphatic rings. The van der Waals surface area contributed by atoms with E-state index in [1.54, 1.807) is 18.2 Å². The number of nitrogens with one attached hydrogen (secondary N) is 1. The Kier molecular flexibility index (Phi) is 4.57. The van der Waals surface area contributed by atoms with Gasteiger partial charge in [0.05, 0.1) is 0 Å². The van der Waals surface area contributed by atoms with Crippen LogP contribution < -0.4 is 11.3 Å². The quantitative estimate of drug-likeness (QED) is 0.797. The van der Waals surface area contributed by atoms with E-state index in [9.17, 15) is 9.90 Å². The molecule has 0 aliphatic heterocycles. The molecule has 0 saturated carbocycles. The molecule has 2 aromatic rings. The molecule has 0 spiro atoms. The molecule has 6 heteroatoms. The van der Waals surface area contributed by atoms with Crippen LogP contribution in [0.15, 0.2) is 33.5 Å². The molecule has 2 rings (SSSR count). The van der Waals surface area contributed by atoms with Gasteiger partial charge in [-0.05, 0) is 24.1 Å². The van der Waals surface area contributed by atoms with Crippen molar-refractivity contribution in [2.45, 2.75) is 25.8 Å². The second kappa shape index (κ2) is 6.19. The van der Waals surface area contributed by atoms with E-state index < -0.39 is 0 Å². The van der Waals surface area contributed by atoms with Gasteiger partial charge in [0.2, 0.25) is 5.88 Å². The van der Waals surface area contributed by atoms with E-state index in [-0.39, 0.29) is 23.0 Å². The molecule has 0 radical (unpaired) electrons. The van der Waals surface area contributed by atoms with E-state index in [1.807, 2.05) is 13.0 Å². The topological polar surface area (TPSA) is 92.0 Å². The Bertz CT molecular complexity index is 670. The molecule has 106 valence electrons. The third kappa shape index (κ3) is 3.26. The fourth-order valence-corrected chi connectivity index (χ4v) is 2.30. The Morgan fingerprint density at radius 2 is 2.25 bits per heavy atom. The van der Waals surface area contributed by atoms with Crippen LogP contribution in [0.1, 0.15) is 19.2 Å². The molecule has 1 aromatic heterocycles. The third-order valence-corrected chi connectivity index (χ3v) is 3.54. The van der Waals surface area contributed by atoms with Crippen LogP contribution in [0.3, 0.4) is 0 Å². The Hall–Kier alpha value is -1.66. The highest BCUT2D eigenvalue weighted by molar-refractivity contribution is 9.10. The van der Waals surface area contributed by atoms with Gasteiger partial charge in [-0.2, -0.15) is 4.98 Å². The highest BCUT2D eigenvalue weighted by atomic mass is 79.9. The maximum Gasteiger partial charge on any atom is 0.262 e. The van der Waals surface area contributed by atoms with Gasteiger partial charge in [0.25, 0.3) is 5.56 Å². The molecule has 4 N–H and O–H groups in total. The lowest BCUT2D eigenvalue weighted by atomic mass is 10.1. The number of rotatable bonds is 4. The lowest BCUT2D eigenvalue weighted by molar-refractivity contribution is 0.448. The Morgan fingerprint density at radius 3 is 2.85 bits per heavy atom. The van der Waals surface area contributed by atoms with Crippen molar-refractivity contribution in [1.29, 1.82) is 0 Å². The highest BCUT2D eigenvalue weighted by Crippen LogP contribution is 2.25. The smallest absolute Gasteiger partial charge is 0.262 e. The number of aromatic amines is 1. The zero-order valence-corrected chi connectivity index (χ0v) is 12.6. The first kappa shape index (κ1) is 14.7. The average Bonchev–Trinajstić information content (AvgIpc) is 2.37. The van der Waals surface area contributed by atoms with Crippen molar-refractivity contribution in [3.8, 4) is 17.0 Å². The van der Waals surface area contributed by atoms with Crippen LogP contribution in [0, 0.1) is 0 Å². The normalized spacial score (nSPS) is 12.3. The van der Waals surface area contributed by atoms with Gasteiger partial charge >= 0.3 is 0 Å². The largest absolute Gasteiger partial charge is 0.493 e. The molecule has 20 heavy (non-hydrogen) atoms. The minimum absolute atomic E-state index is 0.0886. The molecule has 0 bridgehead atoms. The number of halogens is 1. The molecule has 0 aliphatic carbocycles. The number of nitrogens with zero attached hydrogens (tertiary/aromatic N) is 1. The first-order valence-electron chi connectivity index (χ1n) is 6.35. The van der Waals surface area contributed by atoms with Crippen molar-refractivity contribution < 1.29 is 5.11 Å². The molecular weight excluding hydrogens is 322 g/mol. The van der Waals surface area contributed by atoms with Gasteiger partial charge in [0.15, 0.2) is 0 Å². The van der Waals surface area contributed by atoms with E-state index in [4.69, 9.17) is 5.73 Å². The molecule has 1 atom stereocenters. The first-order valence-corrected chi connectivity index (χ1v) is 7.14. The molecule has 1 aromatic carbocycles. The van der Waals surface area contributed by atoms with Crippen LogP contribution in [0.2, 0.25) is 0 Å². The third-order valence-electron chi connectivity index (χ3n) is 3.04. The van der Waals surface area contributed by atoms with E-state index in [0.717, 1.165) is 10.9 Å². The van der Waals surface area contributed by atoms with E-state index in [0.29, 0.717) is 17.8 Å². The Balaban J connectivity index is 2.44. The summed E-state index contributed by atoms with van der Waals surface area (Å²) in [5.41, 5.74) is 6.23. The van der Waals surface area contributed by atoms with Crippen molar-refractivity contribution in [1.82, 2.24) is 9.97 Å². The Labute approximate surface area is 125 Å². The Morgan fingerprint density at radius 1 is 1.50 bits per heavy atom. The van der Waals surface area contributed by atoms with Crippen molar-refractivity contribution in [2.24, 2.45) is 5.73 Å². The second-order valence-electron chi connectivity index (χ2n) is 4.59.